The highest BCUT2D eigenvalue weighted by Crippen LogP contribution is 2.08. The number of carboxylic acid groups (broad SMARTS) is 2. The molecule has 5 heteroatoms. The molecule has 0 fully saturated rings. The highest BCUT2D eigenvalue weighted by Gasteiger charge is 2.01. The van der Waals surface area contributed by atoms with E-state index in [9.17, 15) is 9.59 Å². The van der Waals surface area contributed by atoms with E-state index in [2.05, 4.69) is 13.8 Å². The molecule has 0 aliphatic rings. The first-order valence-electron chi connectivity index (χ1n) is 9.02. The van der Waals surface area contributed by atoms with Crippen LogP contribution in [0.4, 0.5) is 0 Å². The quantitative estimate of drug-likeness (QED) is 0.664. The monoisotopic (exact) mass is 374 g/mol. The largest absolute Gasteiger partial charge is 0.478 e. The first kappa shape index (κ1) is 24.3. The van der Waals surface area contributed by atoms with Crippen molar-refractivity contribution in [1.82, 2.24) is 0 Å². The maximum absolute atomic E-state index is 10.2. The van der Waals surface area contributed by atoms with Gasteiger partial charge in [-0.05, 0) is 49.4 Å². The Morgan fingerprint density at radius 3 is 1.37 bits per heavy atom. The molecule has 0 saturated carbocycles. The Bertz CT molecular complexity index is 589. The summed E-state index contributed by atoms with van der Waals surface area (Å²) in [6.45, 7) is 6.38. The van der Waals surface area contributed by atoms with Gasteiger partial charge in [0, 0.05) is 0 Å². The summed E-state index contributed by atoms with van der Waals surface area (Å²) < 4.78 is 0. The predicted octanol–water partition coefficient (Wildman–Crippen LogP) is 4.96. The van der Waals surface area contributed by atoms with E-state index in [0.29, 0.717) is 11.1 Å². The minimum absolute atomic E-state index is 0.0626. The lowest BCUT2D eigenvalue weighted by Gasteiger charge is -2.08. The van der Waals surface area contributed by atoms with Gasteiger partial charge in [0.2, 0.25) is 0 Å². The zero-order chi connectivity index (χ0) is 20.7. The van der Waals surface area contributed by atoms with E-state index in [1.54, 1.807) is 60.7 Å². The third kappa shape index (κ3) is 13.2. The van der Waals surface area contributed by atoms with E-state index >= 15 is 0 Å². The van der Waals surface area contributed by atoms with Crippen LogP contribution in [0.3, 0.4) is 0 Å². The van der Waals surface area contributed by atoms with Crippen LogP contribution in [0, 0.1) is 5.92 Å². The topological polar surface area (TPSA) is 94.8 Å². The van der Waals surface area contributed by atoms with Crippen LogP contribution in [0.1, 0.15) is 60.7 Å². The lowest BCUT2D eigenvalue weighted by molar-refractivity contribution is 0.0686. The highest BCUT2D eigenvalue weighted by atomic mass is 16.4. The smallest absolute Gasteiger partial charge is 0.335 e. The van der Waals surface area contributed by atoms with Crippen LogP contribution >= 0.6 is 0 Å². The summed E-state index contributed by atoms with van der Waals surface area (Å²) in [6, 6.07) is 16.6. The van der Waals surface area contributed by atoms with E-state index in [1.165, 1.54) is 0 Å². The van der Waals surface area contributed by atoms with Gasteiger partial charge in [-0.15, -0.1) is 0 Å². The van der Waals surface area contributed by atoms with Crippen LogP contribution < -0.4 is 0 Å². The van der Waals surface area contributed by atoms with Gasteiger partial charge in [0.25, 0.3) is 0 Å². The van der Waals surface area contributed by atoms with E-state index < -0.39 is 11.9 Å². The molecule has 2 rings (SSSR count). The third-order valence-electron chi connectivity index (χ3n) is 3.59. The molecule has 2 aromatic rings. The zero-order valence-electron chi connectivity index (χ0n) is 16.2. The van der Waals surface area contributed by atoms with Crippen LogP contribution in [0.25, 0.3) is 0 Å². The first-order valence-corrected chi connectivity index (χ1v) is 9.02. The average Bonchev–Trinajstić information content (AvgIpc) is 2.68. The van der Waals surface area contributed by atoms with Gasteiger partial charge in [0.05, 0.1) is 17.2 Å². The van der Waals surface area contributed by atoms with Crippen molar-refractivity contribution in [2.24, 2.45) is 5.92 Å². The molecule has 0 bridgehead atoms. The van der Waals surface area contributed by atoms with Gasteiger partial charge in [0.15, 0.2) is 0 Å². The van der Waals surface area contributed by atoms with Gasteiger partial charge in [-0.1, -0.05) is 57.2 Å². The van der Waals surface area contributed by atoms with Crippen molar-refractivity contribution >= 4 is 11.9 Å². The molecule has 0 saturated heterocycles. The van der Waals surface area contributed by atoms with Crippen LogP contribution in [0.5, 0.6) is 0 Å². The number of benzene rings is 2. The van der Waals surface area contributed by atoms with Crippen molar-refractivity contribution in [3.63, 3.8) is 0 Å². The molecule has 0 spiro atoms. The second kappa shape index (κ2) is 14.5. The lowest BCUT2D eigenvalue weighted by atomic mass is 10.0. The van der Waals surface area contributed by atoms with Crippen molar-refractivity contribution in [2.75, 3.05) is 0 Å². The van der Waals surface area contributed by atoms with Crippen molar-refractivity contribution in [1.29, 1.82) is 0 Å². The molecule has 148 valence electrons. The van der Waals surface area contributed by atoms with E-state index in [1.807, 2.05) is 6.92 Å². The molecule has 5 nitrogen and oxygen atoms in total. The summed E-state index contributed by atoms with van der Waals surface area (Å²) in [5, 5.41) is 25.9. The molecular weight excluding hydrogens is 344 g/mol. The van der Waals surface area contributed by atoms with Crippen LogP contribution in [0.2, 0.25) is 0 Å². The number of rotatable bonds is 6. The summed E-state index contributed by atoms with van der Waals surface area (Å²) >= 11 is 0. The van der Waals surface area contributed by atoms with Crippen molar-refractivity contribution < 1.29 is 24.9 Å². The summed E-state index contributed by atoms with van der Waals surface area (Å²) in [4.78, 5) is 20.4. The molecule has 0 aliphatic heterocycles. The SMILES string of the molecule is CCC(O)CCC(C)C.O=C(O)c1ccccc1.O=C(O)c1ccccc1. The molecule has 1 atom stereocenters. The van der Waals surface area contributed by atoms with Gasteiger partial charge < -0.3 is 15.3 Å². The number of hydrogen-bond donors (Lipinski definition) is 3. The Morgan fingerprint density at radius 2 is 1.15 bits per heavy atom. The molecular formula is C22H30O5. The number of aliphatic hydroxyl groups excluding tert-OH is 1. The van der Waals surface area contributed by atoms with E-state index in [0.717, 1.165) is 25.2 Å². The molecule has 0 radical (unpaired) electrons. The molecule has 0 heterocycles. The Balaban J connectivity index is 0.000000376. The minimum atomic E-state index is -0.879. The van der Waals surface area contributed by atoms with Crippen molar-refractivity contribution in [3.8, 4) is 0 Å². The predicted molar refractivity (Wildman–Crippen MR) is 107 cm³/mol. The lowest BCUT2D eigenvalue weighted by Crippen LogP contribution is -2.05. The molecule has 2 aromatic carbocycles. The van der Waals surface area contributed by atoms with Gasteiger partial charge in [0.1, 0.15) is 0 Å². The summed E-state index contributed by atoms with van der Waals surface area (Å²) in [5.41, 5.74) is 0.662. The molecule has 27 heavy (non-hydrogen) atoms. The zero-order valence-corrected chi connectivity index (χ0v) is 16.2. The van der Waals surface area contributed by atoms with Crippen LogP contribution in [-0.4, -0.2) is 33.4 Å². The van der Waals surface area contributed by atoms with Crippen molar-refractivity contribution in [2.45, 2.75) is 46.1 Å². The number of hydrogen-bond acceptors (Lipinski definition) is 3. The molecule has 0 amide bonds. The Morgan fingerprint density at radius 1 is 0.778 bits per heavy atom. The first-order chi connectivity index (χ1) is 12.8. The number of aromatic carboxylic acids is 2. The minimum Gasteiger partial charge on any atom is -0.478 e. The Kier molecular flexibility index (Phi) is 13.1. The van der Waals surface area contributed by atoms with Gasteiger partial charge in [-0.25, -0.2) is 9.59 Å². The summed E-state index contributed by atoms with van der Waals surface area (Å²) in [5.74, 6) is -1.03. The molecule has 0 aromatic heterocycles. The fourth-order valence-corrected chi connectivity index (χ4v) is 1.89. The second-order valence-corrected chi connectivity index (χ2v) is 6.38. The fourth-order valence-electron chi connectivity index (χ4n) is 1.89. The van der Waals surface area contributed by atoms with Crippen LogP contribution in [0.15, 0.2) is 60.7 Å². The normalized spacial score (nSPS) is 10.7. The van der Waals surface area contributed by atoms with E-state index in [4.69, 9.17) is 15.3 Å². The highest BCUT2D eigenvalue weighted by molar-refractivity contribution is 5.87. The Labute approximate surface area is 161 Å². The maximum atomic E-state index is 10.2. The van der Waals surface area contributed by atoms with Crippen LogP contribution in [-0.2, 0) is 0 Å². The average molecular weight is 374 g/mol. The number of aliphatic hydroxyl groups is 1. The fraction of sp³-hybridized carbons (Fsp3) is 0.364. The number of carboxylic acids is 2. The summed E-state index contributed by atoms with van der Waals surface area (Å²) in [7, 11) is 0. The summed E-state index contributed by atoms with van der Waals surface area (Å²) in [6.07, 6.45) is 2.95. The van der Waals surface area contributed by atoms with Gasteiger partial charge in [-0.3, -0.25) is 0 Å². The maximum Gasteiger partial charge on any atom is 0.335 e. The molecule has 0 aliphatic carbocycles. The molecule has 1 unspecified atom stereocenters. The van der Waals surface area contributed by atoms with Crippen molar-refractivity contribution in [3.05, 3.63) is 71.8 Å². The third-order valence-corrected chi connectivity index (χ3v) is 3.59. The standard InChI is InChI=1S/C8H18O.2C7H6O2/c1-4-8(9)6-5-7(2)3;2*8-7(9)6-4-2-1-3-5-6/h7-9H,4-6H2,1-3H3;2*1-5H,(H,8,9). The second-order valence-electron chi connectivity index (χ2n) is 6.38. The Hall–Kier alpha value is -2.66. The van der Waals surface area contributed by atoms with Gasteiger partial charge >= 0.3 is 11.9 Å². The molecule has 3 N–H and O–H groups in total. The number of carbonyl (C=O) groups is 2. The van der Waals surface area contributed by atoms with Gasteiger partial charge in [-0.2, -0.15) is 0 Å². The van der Waals surface area contributed by atoms with E-state index in [-0.39, 0.29) is 6.10 Å².